The third-order valence-corrected chi connectivity index (χ3v) is 4.85. The first-order chi connectivity index (χ1) is 7.41. The molecule has 2 atom stereocenters. The quantitative estimate of drug-likeness (QED) is 0.822. The van der Waals surface area contributed by atoms with Gasteiger partial charge in [-0.25, -0.2) is 0 Å². The van der Waals surface area contributed by atoms with Gasteiger partial charge in [0.2, 0.25) is 0 Å². The Morgan fingerprint density at radius 3 is 2.25 bits per heavy atom. The first-order valence-corrected chi connectivity index (χ1v) is 7.30. The Morgan fingerprint density at radius 1 is 1.19 bits per heavy atom. The molecule has 0 fully saturated rings. The lowest BCUT2D eigenvalue weighted by molar-refractivity contribution is 0.642. The van der Waals surface area contributed by atoms with Crippen LogP contribution in [0.1, 0.15) is 39.3 Å². The Hall–Kier alpha value is 0.01000. The summed E-state index contributed by atoms with van der Waals surface area (Å²) < 4.78 is 1.11. The van der Waals surface area contributed by atoms with Gasteiger partial charge >= 0.3 is 0 Å². The first-order valence-electron chi connectivity index (χ1n) is 5.63. The molecule has 0 heterocycles. The van der Waals surface area contributed by atoms with E-state index in [9.17, 15) is 0 Å². The van der Waals surface area contributed by atoms with E-state index in [2.05, 4.69) is 54.9 Å². The van der Waals surface area contributed by atoms with Crippen LogP contribution in [0.4, 0.5) is 0 Å². The molecule has 1 rings (SSSR count). The van der Waals surface area contributed by atoms with Gasteiger partial charge in [-0.1, -0.05) is 42.8 Å². The second kappa shape index (κ2) is 6.08. The van der Waals surface area contributed by atoms with Gasteiger partial charge in [-0.05, 0) is 30.5 Å². The molecule has 2 N–H and O–H groups in total. The van der Waals surface area contributed by atoms with Gasteiger partial charge < -0.3 is 5.73 Å². The molecule has 0 saturated heterocycles. The third kappa shape index (κ3) is 3.79. The van der Waals surface area contributed by atoms with Crippen LogP contribution in [0.5, 0.6) is 0 Å². The number of halogens is 1. The van der Waals surface area contributed by atoms with Crippen molar-refractivity contribution in [3.63, 3.8) is 0 Å². The lowest BCUT2D eigenvalue weighted by Crippen LogP contribution is -2.07. The lowest BCUT2D eigenvalue weighted by atomic mass is 10.1. The minimum atomic E-state index is 0.0796. The monoisotopic (exact) mass is 301 g/mol. The maximum atomic E-state index is 5.88. The highest BCUT2D eigenvalue weighted by molar-refractivity contribution is 9.10. The highest BCUT2D eigenvalue weighted by atomic mass is 79.9. The van der Waals surface area contributed by atoms with Crippen molar-refractivity contribution < 1.29 is 0 Å². The standard InChI is InChI=1S/C13H20BrNS/c1-8(2)10(4)16-11-5-6-12(9(3)15)13(14)7-11/h5-10H,15H2,1-4H3. The maximum absolute atomic E-state index is 5.88. The SMILES string of the molecule is CC(N)c1ccc(SC(C)C(C)C)cc1Br. The van der Waals surface area contributed by atoms with Crippen molar-refractivity contribution in [2.45, 2.75) is 43.9 Å². The molecule has 16 heavy (non-hydrogen) atoms. The molecule has 0 bridgehead atoms. The van der Waals surface area contributed by atoms with Crippen LogP contribution >= 0.6 is 27.7 Å². The van der Waals surface area contributed by atoms with E-state index >= 15 is 0 Å². The number of hydrogen-bond acceptors (Lipinski definition) is 2. The van der Waals surface area contributed by atoms with Crippen molar-refractivity contribution in [3.8, 4) is 0 Å². The molecule has 1 aromatic carbocycles. The average Bonchev–Trinajstić information content (AvgIpc) is 2.16. The summed E-state index contributed by atoms with van der Waals surface area (Å²) in [4.78, 5) is 1.30. The van der Waals surface area contributed by atoms with Crippen LogP contribution in [0, 0.1) is 5.92 Å². The minimum Gasteiger partial charge on any atom is -0.324 e. The molecule has 0 radical (unpaired) electrons. The number of nitrogens with two attached hydrogens (primary N) is 1. The van der Waals surface area contributed by atoms with Gasteiger partial charge in [-0.15, -0.1) is 11.8 Å². The molecule has 1 aromatic rings. The first kappa shape index (κ1) is 14.1. The van der Waals surface area contributed by atoms with Crippen molar-refractivity contribution in [1.29, 1.82) is 0 Å². The van der Waals surface area contributed by atoms with Gasteiger partial charge in [0, 0.05) is 20.7 Å². The second-order valence-electron chi connectivity index (χ2n) is 4.54. The van der Waals surface area contributed by atoms with E-state index in [0.29, 0.717) is 11.2 Å². The van der Waals surface area contributed by atoms with Crippen LogP contribution in [0.3, 0.4) is 0 Å². The summed E-state index contributed by atoms with van der Waals surface area (Å²) in [5, 5.41) is 0.632. The zero-order valence-electron chi connectivity index (χ0n) is 10.3. The summed E-state index contributed by atoms with van der Waals surface area (Å²) in [6, 6.07) is 6.52. The molecule has 0 amide bonds. The van der Waals surface area contributed by atoms with Crippen LogP contribution < -0.4 is 5.73 Å². The van der Waals surface area contributed by atoms with E-state index < -0.39 is 0 Å². The van der Waals surface area contributed by atoms with E-state index in [4.69, 9.17) is 5.73 Å². The third-order valence-electron chi connectivity index (χ3n) is 2.72. The molecule has 90 valence electrons. The van der Waals surface area contributed by atoms with Gasteiger partial charge in [0.25, 0.3) is 0 Å². The minimum absolute atomic E-state index is 0.0796. The van der Waals surface area contributed by atoms with E-state index in [1.54, 1.807) is 0 Å². The number of hydrogen-bond donors (Lipinski definition) is 1. The molecule has 1 nitrogen and oxygen atoms in total. The summed E-state index contributed by atoms with van der Waals surface area (Å²) in [7, 11) is 0. The summed E-state index contributed by atoms with van der Waals surface area (Å²) in [6.07, 6.45) is 0. The van der Waals surface area contributed by atoms with Gasteiger partial charge in [-0.2, -0.15) is 0 Å². The zero-order valence-corrected chi connectivity index (χ0v) is 12.7. The molecule has 0 aromatic heterocycles. The van der Waals surface area contributed by atoms with Crippen LogP contribution in [0.2, 0.25) is 0 Å². The van der Waals surface area contributed by atoms with Crippen molar-refractivity contribution in [2.24, 2.45) is 11.7 Å². The molecule has 3 heteroatoms. The maximum Gasteiger partial charge on any atom is 0.0277 e. The Labute approximate surface area is 111 Å². The molecule has 0 spiro atoms. The largest absolute Gasteiger partial charge is 0.324 e. The smallest absolute Gasteiger partial charge is 0.0277 e. The number of thioether (sulfide) groups is 1. The Morgan fingerprint density at radius 2 is 1.81 bits per heavy atom. The van der Waals surface area contributed by atoms with Crippen LogP contribution in [0.25, 0.3) is 0 Å². The Balaban J connectivity index is 2.81. The average molecular weight is 302 g/mol. The fraction of sp³-hybridized carbons (Fsp3) is 0.538. The predicted octanol–water partition coefficient (Wildman–Crippen LogP) is 4.61. The van der Waals surface area contributed by atoms with Crippen molar-refractivity contribution in [3.05, 3.63) is 28.2 Å². The van der Waals surface area contributed by atoms with E-state index in [1.807, 2.05) is 18.7 Å². The lowest BCUT2D eigenvalue weighted by Gasteiger charge is -2.16. The van der Waals surface area contributed by atoms with E-state index in [-0.39, 0.29) is 6.04 Å². The van der Waals surface area contributed by atoms with Gasteiger partial charge in [-0.3, -0.25) is 0 Å². The highest BCUT2D eigenvalue weighted by Gasteiger charge is 2.11. The molecule has 0 saturated carbocycles. The van der Waals surface area contributed by atoms with Crippen molar-refractivity contribution in [1.82, 2.24) is 0 Å². The molecule has 0 aliphatic carbocycles. The summed E-state index contributed by atoms with van der Waals surface area (Å²) >= 11 is 5.50. The fourth-order valence-electron chi connectivity index (χ4n) is 1.30. The molecular weight excluding hydrogens is 282 g/mol. The van der Waals surface area contributed by atoms with E-state index in [1.165, 1.54) is 10.5 Å². The summed E-state index contributed by atoms with van der Waals surface area (Å²) in [6.45, 7) is 8.78. The van der Waals surface area contributed by atoms with Crippen molar-refractivity contribution >= 4 is 27.7 Å². The van der Waals surface area contributed by atoms with Crippen LogP contribution in [-0.2, 0) is 0 Å². The Kier molecular flexibility index (Phi) is 5.35. The Bertz CT molecular complexity index is 350. The normalized spacial score (nSPS) is 15.2. The van der Waals surface area contributed by atoms with Crippen LogP contribution in [0.15, 0.2) is 27.6 Å². The van der Waals surface area contributed by atoms with Gasteiger partial charge in [0.15, 0.2) is 0 Å². The van der Waals surface area contributed by atoms with E-state index in [0.717, 1.165) is 4.47 Å². The van der Waals surface area contributed by atoms with Crippen LogP contribution in [-0.4, -0.2) is 5.25 Å². The predicted molar refractivity (Wildman–Crippen MR) is 76.9 cm³/mol. The number of benzene rings is 1. The molecule has 0 aliphatic heterocycles. The second-order valence-corrected chi connectivity index (χ2v) is 6.84. The summed E-state index contributed by atoms with van der Waals surface area (Å²) in [5.74, 6) is 0.692. The molecular formula is C13H20BrNS. The van der Waals surface area contributed by atoms with Crippen molar-refractivity contribution in [2.75, 3.05) is 0 Å². The summed E-state index contributed by atoms with van der Waals surface area (Å²) in [5.41, 5.74) is 7.05. The number of rotatable bonds is 4. The topological polar surface area (TPSA) is 26.0 Å². The highest BCUT2D eigenvalue weighted by Crippen LogP contribution is 2.32. The zero-order chi connectivity index (χ0) is 12.3. The molecule has 2 unspecified atom stereocenters. The molecule has 0 aliphatic rings. The fourth-order valence-corrected chi connectivity index (χ4v) is 3.23. The van der Waals surface area contributed by atoms with Gasteiger partial charge in [0.1, 0.15) is 0 Å². The van der Waals surface area contributed by atoms with Gasteiger partial charge in [0.05, 0.1) is 0 Å².